The second kappa shape index (κ2) is 24.1. The maximum Gasteiger partial charge on any atom is 0.321 e. The first-order chi connectivity index (χ1) is 26.2. The molecule has 4 amide bonds. The highest BCUT2D eigenvalue weighted by Gasteiger charge is 2.35. The summed E-state index contributed by atoms with van der Waals surface area (Å²) in [6, 6.07) is -7.84. The first-order valence-electron chi connectivity index (χ1n) is 16.9. The number of Topliss-reactive ketones (excluding diaryl/α,β-unsaturated/α-hetero) is 2. The fraction of sp³-hybridized carbons (Fsp3) is 0.600. The molecule has 2 heterocycles. The molecule has 0 radical (unpaired) electrons. The zero-order valence-corrected chi connectivity index (χ0v) is 30.0. The van der Waals surface area contributed by atoms with Crippen LogP contribution in [0.25, 0.3) is 0 Å². The van der Waals surface area contributed by atoms with E-state index in [0.29, 0.717) is 12.8 Å². The van der Waals surface area contributed by atoms with Gasteiger partial charge in [0, 0.05) is 25.9 Å². The van der Waals surface area contributed by atoms with Crippen molar-refractivity contribution in [3.63, 3.8) is 0 Å². The van der Waals surface area contributed by atoms with E-state index in [2.05, 4.69) is 41.9 Å². The van der Waals surface area contributed by atoms with E-state index in [1.54, 1.807) is 0 Å². The summed E-state index contributed by atoms with van der Waals surface area (Å²) >= 11 is 0. The van der Waals surface area contributed by atoms with E-state index < -0.39 is 134 Å². The molecule has 0 saturated carbocycles. The SMILES string of the molecule is NC(N)=NCCC[C@@H]1NC(=O)CNC(=O)[C@H](CC(=O)O)NC(C(=O)O)CC1=O.NC(N)=NCCC[C@@H]1NC(=O)CNC(=O)[C@H](CC(=O)O)NC(C(=O)O)CC1=O. The standard InChI is InChI=1S/2C15H24N6O7/c2*16-15(17)18-3-1-2-7-10(22)4-9(14(27)28)20-8(5-12(24)25)13(26)19-6-11(23)21-7/h2*7-9,20H,1-6H2,(H,19,26)(H,21,23)(H,24,25)(H,27,28)(H4,16,17,18)/t2*7-,8-,9?/m00/s1. The van der Waals surface area contributed by atoms with E-state index in [-0.39, 0.29) is 37.9 Å². The lowest BCUT2D eigenvalue weighted by molar-refractivity contribution is -0.144. The minimum atomic E-state index is -1.50. The Morgan fingerprint density at radius 2 is 0.911 bits per heavy atom. The Morgan fingerprint density at radius 3 is 1.20 bits per heavy atom. The number of ketones is 2. The van der Waals surface area contributed by atoms with Gasteiger partial charge in [0.25, 0.3) is 0 Å². The van der Waals surface area contributed by atoms with Crippen LogP contribution in [-0.4, -0.2) is 154 Å². The van der Waals surface area contributed by atoms with Gasteiger partial charge in [-0.1, -0.05) is 0 Å². The van der Waals surface area contributed by atoms with E-state index in [1.165, 1.54) is 0 Å². The van der Waals surface area contributed by atoms with Gasteiger partial charge in [0.1, 0.15) is 12.1 Å². The second-order valence-corrected chi connectivity index (χ2v) is 12.3. The minimum absolute atomic E-state index is 0.125. The predicted molar refractivity (Wildman–Crippen MR) is 190 cm³/mol. The Morgan fingerprint density at radius 1 is 0.571 bits per heavy atom. The number of nitrogens with one attached hydrogen (secondary N) is 6. The molecule has 0 aromatic rings. The van der Waals surface area contributed by atoms with E-state index in [0.717, 1.165) is 0 Å². The number of nitrogens with two attached hydrogens (primary N) is 4. The minimum Gasteiger partial charge on any atom is -0.481 e. The average Bonchev–Trinajstić information content (AvgIpc) is 3.12. The molecule has 2 aliphatic rings. The van der Waals surface area contributed by atoms with Crippen molar-refractivity contribution >= 4 is 71.0 Å². The van der Waals surface area contributed by atoms with Crippen LogP contribution in [0.5, 0.6) is 0 Å². The number of carbonyl (C=O) groups excluding carboxylic acids is 6. The molecule has 0 aromatic heterocycles. The first kappa shape index (κ1) is 47.6. The molecule has 2 unspecified atom stereocenters. The van der Waals surface area contributed by atoms with Crippen molar-refractivity contribution in [3.05, 3.63) is 0 Å². The van der Waals surface area contributed by atoms with Gasteiger partial charge in [-0.25, -0.2) is 0 Å². The summed E-state index contributed by atoms with van der Waals surface area (Å²) in [6.45, 7) is -0.571. The summed E-state index contributed by atoms with van der Waals surface area (Å²) in [6.07, 6.45) is -1.54. The lowest BCUT2D eigenvalue weighted by Crippen LogP contribution is -2.52. The fourth-order valence-corrected chi connectivity index (χ4v) is 5.12. The van der Waals surface area contributed by atoms with Gasteiger partial charge < -0.3 is 64.6 Å². The third-order valence-electron chi connectivity index (χ3n) is 7.79. The monoisotopic (exact) mass is 800 g/mol. The Labute approximate surface area is 318 Å². The highest BCUT2D eigenvalue weighted by Crippen LogP contribution is 2.10. The molecule has 2 saturated heterocycles. The third kappa shape index (κ3) is 19.1. The van der Waals surface area contributed by atoms with Gasteiger partial charge in [0.05, 0.1) is 50.1 Å². The van der Waals surface area contributed by atoms with Crippen LogP contribution in [0.4, 0.5) is 0 Å². The molecule has 18 N–H and O–H groups in total. The molecular formula is C30H48N12O14. The van der Waals surface area contributed by atoms with E-state index >= 15 is 0 Å². The van der Waals surface area contributed by atoms with Gasteiger partial charge in [-0.2, -0.15) is 0 Å². The highest BCUT2D eigenvalue weighted by atomic mass is 16.4. The van der Waals surface area contributed by atoms with Crippen molar-refractivity contribution in [1.82, 2.24) is 31.9 Å². The van der Waals surface area contributed by atoms with E-state index in [4.69, 9.17) is 33.1 Å². The molecule has 312 valence electrons. The van der Waals surface area contributed by atoms with Crippen molar-refractivity contribution in [1.29, 1.82) is 0 Å². The number of aliphatic imine (C=N–C) groups is 2. The average molecular weight is 801 g/mol. The van der Waals surface area contributed by atoms with Gasteiger partial charge in [-0.15, -0.1) is 0 Å². The maximum atomic E-state index is 12.5. The fourth-order valence-electron chi connectivity index (χ4n) is 5.12. The largest absolute Gasteiger partial charge is 0.481 e. The zero-order chi connectivity index (χ0) is 42.5. The Hall–Kier alpha value is -6.44. The summed E-state index contributed by atoms with van der Waals surface area (Å²) in [5.74, 6) is -10.0. The Kier molecular flexibility index (Phi) is 20.4. The van der Waals surface area contributed by atoms with Gasteiger partial charge in [0.15, 0.2) is 23.5 Å². The number of carboxylic acids is 4. The lowest BCUT2D eigenvalue weighted by atomic mass is 9.99. The van der Waals surface area contributed by atoms with Crippen LogP contribution in [-0.2, 0) is 47.9 Å². The molecule has 0 bridgehead atoms. The first-order valence-corrected chi connectivity index (χ1v) is 16.9. The molecule has 26 nitrogen and oxygen atoms in total. The molecular weight excluding hydrogens is 752 g/mol. The van der Waals surface area contributed by atoms with Crippen LogP contribution >= 0.6 is 0 Å². The number of amides is 4. The number of guanidine groups is 2. The van der Waals surface area contributed by atoms with E-state index in [9.17, 15) is 58.2 Å². The van der Waals surface area contributed by atoms with Gasteiger partial charge in [-0.3, -0.25) is 68.6 Å². The highest BCUT2D eigenvalue weighted by molar-refractivity contribution is 5.97. The smallest absolute Gasteiger partial charge is 0.321 e. The van der Waals surface area contributed by atoms with Gasteiger partial charge >= 0.3 is 23.9 Å². The van der Waals surface area contributed by atoms with Crippen molar-refractivity contribution in [3.8, 4) is 0 Å². The summed E-state index contributed by atoms with van der Waals surface area (Å²) in [5, 5.41) is 50.6. The topological polar surface area (TPSA) is 453 Å². The molecule has 0 aliphatic carbocycles. The molecule has 6 atom stereocenters. The van der Waals surface area contributed by atoms with Crippen molar-refractivity contribution in [2.24, 2.45) is 32.9 Å². The summed E-state index contributed by atoms with van der Waals surface area (Å²) < 4.78 is 0. The summed E-state index contributed by atoms with van der Waals surface area (Å²) in [4.78, 5) is 126. The van der Waals surface area contributed by atoms with Crippen LogP contribution in [0.2, 0.25) is 0 Å². The lowest BCUT2D eigenvalue weighted by Gasteiger charge is -2.21. The van der Waals surface area contributed by atoms with Gasteiger partial charge in [0.2, 0.25) is 23.6 Å². The van der Waals surface area contributed by atoms with Crippen molar-refractivity contribution in [2.75, 3.05) is 26.2 Å². The van der Waals surface area contributed by atoms with Crippen molar-refractivity contribution in [2.45, 2.75) is 87.6 Å². The molecule has 2 fully saturated rings. The molecule has 26 heteroatoms. The molecule has 2 aliphatic heterocycles. The predicted octanol–water partition coefficient (Wildman–Crippen LogP) is -7.00. The number of carboxylic acid groups (broad SMARTS) is 4. The van der Waals surface area contributed by atoms with Crippen LogP contribution < -0.4 is 54.8 Å². The van der Waals surface area contributed by atoms with Gasteiger partial charge in [-0.05, 0) is 25.7 Å². The number of aliphatic carboxylic acids is 4. The summed E-state index contributed by atoms with van der Waals surface area (Å²) in [7, 11) is 0. The molecule has 0 aromatic carbocycles. The third-order valence-corrected chi connectivity index (χ3v) is 7.79. The number of rotatable bonds is 14. The number of hydrogen-bond acceptors (Lipinski definition) is 14. The maximum absolute atomic E-state index is 12.5. The summed E-state index contributed by atoms with van der Waals surface area (Å²) in [5.41, 5.74) is 20.8. The number of nitrogens with zero attached hydrogens (tertiary/aromatic N) is 2. The van der Waals surface area contributed by atoms with Crippen molar-refractivity contribution < 1.29 is 68.4 Å². The quantitative estimate of drug-likeness (QED) is 0.0441. The van der Waals surface area contributed by atoms with Crippen LogP contribution in [0.3, 0.4) is 0 Å². The van der Waals surface area contributed by atoms with Crippen LogP contribution in [0.15, 0.2) is 9.98 Å². The molecule has 0 spiro atoms. The number of hydrogen-bond donors (Lipinski definition) is 14. The normalized spacial score (nSPS) is 23.7. The number of carbonyl (C=O) groups is 10. The van der Waals surface area contributed by atoms with Crippen LogP contribution in [0.1, 0.15) is 51.4 Å². The Balaban J connectivity index is 0.000000560. The Bertz CT molecular complexity index is 1430. The second-order valence-electron chi connectivity index (χ2n) is 12.3. The zero-order valence-electron chi connectivity index (χ0n) is 30.0. The van der Waals surface area contributed by atoms with Crippen LogP contribution in [0, 0.1) is 0 Å². The van der Waals surface area contributed by atoms with E-state index in [1.807, 2.05) is 0 Å². The molecule has 56 heavy (non-hydrogen) atoms. The molecule has 2 rings (SSSR count).